The Kier molecular flexibility index (Phi) is 4.00. The minimum atomic E-state index is -0.109. The van der Waals surface area contributed by atoms with Gasteiger partial charge in [-0.2, -0.15) is 5.26 Å². The zero-order valence-electron chi connectivity index (χ0n) is 10.5. The second-order valence-electron chi connectivity index (χ2n) is 4.59. The van der Waals surface area contributed by atoms with E-state index < -0.39 is 0 Å². The summed E-state index contributed by atoms with van der Waals surface area (Å²) in [5.74, 6) is -0.0965. The fraction of sp³-hybridized carbons (Fsp3) is 0.538. The summed E-state index contributed by atoms with van der Waals surface area (Å²) in [6.45, 7) is 1.96. The van der Waals surface area contributed by atoms with E-state index in [1.807, 2.05) is 6.92 Å². The van der Waals surface area contributed by atoms with Gasteiger partial charge < -0.3 is 11.1 Å². The van der Waals surface area contributed by atoms with Gasteiger partial charge in [0.05, 0.1) is 5.56 Å². The molecule has 0 fully saturated rings. The average molecular weight is 263 g/mol. The molecule has 1 aliphatic rings. The van der Waals surface area contributed by atoms with E-state index in [2.05, 4.69) is 11.4 Å². The van der Waals surface area contributed by atoms with E-state index in [1.165, 1.54) is 4.88 Å². The quantitative estimate of drug-likeness (QED) is 0.873. The van der Waals surface area contributed by atoms with Crippen LogP contribution >= 0.6 is 11.3 Å². The van der Waals surface area contributed by atoms with Crippen molar-refractivity contribution in [2.24, 2.45) is 5.73 Å². The number of fused-ring (bicyclic) bond motifs is 1. The molecule has 96 valence electrons. The maximum atomic E-state index is 11.8. The van der Waals surface area contributed by atoms with Crippen LogP contribution in [0.3, 0.4) is 0 Å². The van der Waals surface area contributed by atoms with Crippen LogP contribution in [-0.4, -0.2) is 11.9 Å². The zero-order chi connectivity index (χ0) is 13.1. The third-order valence-electron chi connectivity index (χ3n) is 3.26. The zero-order valence-corrected chi connectivity index (χ0v) is 11.3. The van der Waals surface area contributed by atoms with Crippen molar-refractivity contribution in [3.63, 3.8) is 0 Å². The minimum Gasteiger partial charge on any atom is -0.327 e. The van der Waals surface area contributed by atoms with Gasteiger partial charge in [0.15, 0.2) is 0 Å². The number of aryl methyl sites for hydroxylation is 1. The standard InChI is InChI=1S/C13H17N3OS/c1-2-8(15)6-12(17)16-13-10(7-14)9-4-3-5-11(9)18-13/h8H,2-6,15H2,1H3,(H,16,17). The van der Waals surface area contributed by atoms with Crippen LogP contribution in [-0.2, 0) is 17.6 Å². The summed E-state index contributed by atoms with van der Waals surface area (Å²) in [5.41, 5.74) is 7.54. The summed E-state index contributed by atoms with van der Waals surface area (Å²) < 4.78 is 0. The van der Waals surface area contributed by atoms with Crippen molar-refractivity contribution < 1.29 is 4.79 Å². The molecule has 1 amide bonds. The van der Waals surface area contributed by atoms with Crippen LogP contribution in [0, 0.1) is 11.3 Å². The Morgan fingerprint density at radius 3 is 3.06 bits per heavy atom. The number of nitrogens with two attached hydrogens (primary N) is 1. The van der Waals surface area contributed by atoms with Crippen molar-refractivity contribution in [1.82, 2.24) is 0 Å². The van der Waals surface area contributed by atoms with Gasteiger partial charge in [0.2, 0.25) is 5.91 Å². The Labute approximate surface area is 111 Å². The molecule has 0 aromatic carbocycles. The van der Waals surface area contributed by atoms with Crippen molar-refractivity contribution in [2.75, 3.05) is 5.32 Å². The molecule has 2 rings (SSSR count). The molecular formula is C13H17N3OS. The number of amides is 1. The minimum absolute atomic E-state index is 0.0965. The molecule has 0 bridgehead atoms. The molecule has 18 heavy (non-hydrogen) atoms. The molecule has 1 atom stereocenters. The fourth-order valence-electron chi connectivity index (χ4n) is 2.17. The predicted molar refractivity (Wildman–Crippen MR) is 72.6 cm³/mol. The topological polar surface area (TPSA) is 78.9 Å². The third kappa shape index (κ3) is 2.55. The number of hydrogen-bond acceptors (Lipinski definition) is 4. The molecule has 5 heteroatoms. The van der Waals surface area contributed by atoms with Crippen molar-refractivity contribution in [1.29, 1.82) is 5.26 Å². The summed E-state index contributed by atoms with van der Waals surface area (Å²) in [7, 11) is 0. The van der Waals surface area contributed by atoms with Gasteiger partial charge in [-0.05, 0) is 31.2 Å². The molecule has 1 aliphatic carbocycles. The Morgan fingerprint density at radius 1 is 1.61 bits per heavy atom. The molecule has 1 aromatic rings. The summed E-state index contributed by atoms with van der Waals surface area (Å²) in [4.78, 5) is 13.0. The smallest absolute Gasteiger partial charge is 0.226 e. The molecular weight excluding hydrogens is 246 g/mol. The highest BCUT2D eigenvalue weighted by molar-refractivity contribution is 7.16. The molecule has 0 saturated carbocycles. The highest BCUT2D eigenvalue weighted by Gasteiger charge is 2.23. The van der Waals surface area contributed by atoms with Crippen LogP contribution in [0.5, 0.6) is 0 Å². The van der Waals surface area contributed by atoms with Gasteiger partial charge in [0, 0.05) is 17.3 Å². The second kappa shape index (κ2) is 5.51. The molecule has 0 spiro atoms. The van der Waals surface area contributed by atoms with Crippen molar-refractivity contribution in [2.45, 2.75) is 45.1 Å². The van der Waals surface area contributed by atoms with Crippen molar-refractivity contribution in [3.8, 4) is 6.07 Å². The number of carbonyl (C=O) groups is 1. The van der Waals surface area contributed by atoms with Crippen LogP contribution < -0.4 is 11.1 Å². The van der Waals surface area contributed by atoms with E-state index in [1.54, 1.807) is 11.3 Å². The van der Waals surface area contributed by atoms with Gasteiger partial charge in [-0.3, -0.25) is 4.79 Å². The number of thiophene rings is 1. The van der Waals surface area contributed by atoms with Crippen LogP contribution in [0.4, 0.5) is 5.00 Å². The van der Waals surface area contributed by atoms with Gasteiger partial charge in [0.1, 0.15) is 11.1 Å². The first-order valence-corrected chi connectivity index (χ1v) is 7.07. The molecule has 1 heterocycles. The highest BCUT2D eigenvalue weighted by atomic mass is 32.1. The number of carbonyl (C=O) groups excluding carboxylic acids is 1. The maximum absolute atomic E-state index is 11.8. The largest absolute Gasteiger partial charge is 0.327 e. The average Bonchev–Trinajstić information content (AvgIpc) is 2.88. The van der Waals surface area contributed by atoms with Gasteiger partial charge in [-0.1, -0.05) is 6.92 Å². The lowest BCUT2D eigenvalue weighted by molar-refractivity contribution is -0.116. The van der Waals surface area contributed by atoms with E-state index >= 15 is 0 Å². The monoisotopic (exact) mass is 263 g/mol. The van der Waals surface area contributed by atoms with Crippen LogP contribution in [0.25, 0.3) is 0 Å². The van der Waals surface area contributed by atoms with Gasteiger partial charge in [-0.25, -0.2) is 0 Å². The van der Waals surface area contributed by atoms with Crippen LogP contribution in [0.2, 0.25) is 0 Å². The molecule has 0 saturated heterocycles. The SMILES string of the molecule is CCC(N)CC(=O)Nc1sc2c(c1C#N)CCC2. The van der Waals surface area contributed by atoms with Gasteiger partial charge in [0.25, 0.3) is 0 Å². The molecule has 4 nitrogen and oxygen atoms in total. The first kappa shape index (κ1) is 13.1. The number of rotatable bonds is 4. The summed E-state index contributed by atoms with van der Waals surface area (Å²) in [6, 6.07) is 2.10. The van der Waals surface area contributed by atoms with E-state index in [4.69, 9.17) is 5.73 Å². The van der Waals surface area contributed by atoms with Crippen molar-refractivity contribution in [3.05, 3.63) is 16.0 Å². The lowest BCUT2D eigenvalue weighted by Crippen LogP contribution is -2.26. The first-order valence-electron chi connectivity index (χ1n) is 6.25. The third-order valence-corrected chi connectivity index (χ3v) is 4.47. The Hall–Kier alpha value is -1.38. The summed E-state index contributed by atoms with van der Waals surface area (Å²) in [6.07, 6.45) is 4.19. The van der Waals surface area contributed by atoms with Crippen molar-refractivity contribution >= 4 is 22.2 Å². The van der Waals surface area contributed by atoms with E-state index in [0.29, 0.717) is 17.0 Å². The lowest BCUT2D eigenvalue weighted by atomic mass is 10.1. The Bertz CT molecular complexity index is 501. The number of anilines is 1. The van der Waals surface area contributed by atoms with Gasteiger partial charge >= 0.3 is 0 Å². The molecule has 1 unspecified atom stereocenters. The highest BCUT2D eigenvalue weighted by Crippen LogP contribution is 2.38. The number of hydrogen-bond donors (Lipinski definition) is 2. The fourth-order valence-corrected chi connectivity index (χ4v) is 3.43. The summed E-state index contributed by atoms with van der Waals surface area (Å²) >= 11 is 1.54. The second-order valence-corrected chi connectivity index (χ2v) is 5.70. The predicted octanol–water partition coefficient (Wildman–Crippen LogP) is 2.17. The molecule has 0 aliphatic heterocycles. The summed E-state index contributed by atoms with van der Waals surface area (Å²) in [5, 5.41) is 12.7. The Morgan fingerprint density at radius 2 is 2.39 bits per heavy atom. The normalized spacial score (nSPS) is 14.9. The van der Waals surface area contributed by atoms with E-state index in [-0.39, 0.29) is 11.9 Å². The Balaban J connectivity index is 2.11. The molecule has 0 radical (unpaired) electrons. The number of nitrogens with zero attached hydrogens (tertiary/aromatic N) is 1. The molecule has 1 aromatic heterocycles. The van der Waals surface area contributed by atoms with Gasteiger partial charge in [-0.15, -0.1) is 11.3 Å². The number of nitriles is 1. The molecule has 3 N–H and O–H groups in total. The van der Waals surface area contributed by atoms with E-state index in [9.17, 15) is 10.1 Å². The number of nitrogens with one attached hydrogen (secondary N) is 1. The van der Waals surface area contributed by atoms with Crippen LogP contribution in [0.1, 0.15) is 42.2 Å². The first-order chi connectivity index (χ1) is 8.65. The van der Waals surface area contributed by atoms with Crippen LogP contribution in [0.15, 0.2) is 0 Å². The maximum Gasteiger partial charge on any atom is 0.226 e. The van der Waals surface area contributed by atoms with E-state index in [0.717, 1.165) is 31.2 Å². The lowest BCUT2D eigenvalue weighted by Gasteiger charge is -2.08.